The molecule has 0 spiro atoms. The van der Waals surface area contributed by atoms with Crippen LogP contribution < -0.4 is 10.5 Å². The maximum atomic E-state index is 11.9. The van der Waals surface area contributed by atoms with E-state index in [1.54, 1.807) is 7.11 Å². The highest BCUT2D eigenvalue weighted by Gasteiger charge is 2.26. The summed E-state index contributed by atoms with van der Waals surface area (Å²) in [5, 5.41) is 0. The molecule has 1 aromatic carbocycles. The van der Waals surface area contributed by atoms with Crippen LogP contribution in [0, 0.1) is 5.41 Å². The quantitative estimate of drug-likeness (QED) is 0.870. The SMILES string of the molecule is COc1ccc(C[C@H](N)C(=O)C(C)(C)C)cc1. The molecule has 17 heavy (non-hydrogen) atoms. The van der Waals surface area contributed by atoms with Gasteiger partial charge >= 0.3 is 0 Å². The lowest BCUT2D eigenvalue weighted by atomic mass is 9.85. The molecule has 0 radical (unpaired) electrons. The molecule has 0 heterocycles. The monoisotopic (exact) mass is 235 g/mol. The van der Waals surface area contributed by atoms with Crippen molar-refractivity contribution in [3.05, 3.63) is 29.8 Å². The minimum atomic E-state index is -0.441. The molecule has 1 rings (SSSR count). The van der Waals surface area contributed by atoms with Gasteiger partial charge in [-0.25, -0.2) is 0 Å². The summed E-state index contributed by atoms with van der Waals surface area (Å²) in [5.74, 6) is 0.901. The normalized spacial score (nSPS) is 13.2. The van der Waals surface area contributed by atoms with Crippen molar-refractivity contribution in [2.45, 2.75) is 33.2 Å². The highest BCUT2D eigenvalue weighted by atomic mass is 16.5. The Bertz CT molecular complexity index is 376. The van der Waals surface area contributed by atoms with Crippen LogP contribution in [0.1, 0.15) is 26.3 Å². The van der Waals surface area contributed by atoms with Crippen LogP contribution in [0.5, 0.6) is 5.75 Å². The van der Waals surface area contributed by atoms with Crippen LogP contribution >= 0.6 is 0 Å². The van der Waals surface area contributed by atoms with Crippen molar-refractivity contribution in [2.24, 2.45) is 11.1 Å². The van der Waals surface area contributed by atoms with E-state index in [1.165, 1.54) is 0 Å². The van der Waals surface area contributed by atoms with Crippen LogP contribution in [-0.4, -0.2) is 18.9 Å². The number of ketones is 1. The van der Waals surface area contributed by atoms with Gasteiger partial charge in [0.15, 0.2) is 5.78 Å². The van der Waals surface area contributed by atoms with Gasteiger partial charge in [0.25, 0.3) is 0 Å². The van der Waals surface area contributed by atoms with Crippen LogP contribution in [0.15, 0.2) is 24.3 Å². The molecule has 2 N–H and O–H groups in total. The highest BCUT2D eigenvalue weighted by molar-refractivity contribution is 5.88. The van der Waals surface area contributed by atoms with E-state index in [0.29, 0.717) is 6.42 Å². The summed E-state index contributed by atoms with van der Waals surface area (Å²) in [6.45, 7) is 5.68. The summed E-state index contributed by atoms with van der Waals surface area (Å²) >= 11 is 0. The van der Waals surface area contributed by atoms with Gasteiger partial charge in [0.2, 0.25) is 0 Å². The smallest absolute Gasteiger partial charge is 0.155 e. The molecule has 0 aromatic heterocycles. The number of hydrogen-bond acceptors (Lipinski definition) is 3. The van der Waals surface area contributed by atoms with Crippen molar-refractivity contribution in [3.63, 3.8) is 0 Å². The second-order valence-electron chi connectivity index (χ2n) is 5.27. The number of rotatable bonds is 4. The van der Waals surface area contributed by atoms with Gasteiger partial charge < -0.3 is 10.5 Å². The lowest BCUT2D eigenvalue weighted by Crippen LogP contribution is -2.40. The first kappa shape index (κ1) is 13.7. The zero-order valence-electron chi connectivity index (χ0n) is 11.0. The molecule has 0 bridgehead atoms. The topological polar surface area (TPSA) is 52.3 Å². The summed E-state index contributed by atoms with van der Waals surface area (Å²) in [5.41, 5.74) is 6.59. The average Bonchev–Trinajstić information content (AvgIpc) is 2.27. The highest BCUT2D eigenvalue weighted by Crippen LogP contribution is 2.19. The third-order valence-corrected chi connectivity index (χ3v) is 2.69. The van der Waals surface area contributed by atoms with Gasteiger partial charge in [-0.2, -0.15) is 0 Å². The largest absolute Gasteiger partial charge is 0.497 e. The van der Waals surface area contributed by atoms with Gasteiger partial charge in [0.1, 0.15) is 5.75 Å². The van der Waals surface area contributed by atoms with Crippen LogP contribution in [0.3, 0.4) is 0 Å². The van der Waals surface area contributed by atoms with E-state index in [1.807, 2.05) is 45.0 Å². The molecule has 0 unspecified atom stereocenters. The lowest BCUT2D eigenvalue weighted by Gasteiger charge is -2.21. The van der Waals surface area contributed by atoms with Crippen molar-refractivity contribution in [2.75, 3.05) is 7.11 Å². The van der Waals surface area contributed by atoms with Gasteiger partial charge in [-0.05, 0) is 24.1 Å². The Morgan fingerprint density at radius 2 is 1.82 bits per heavy atom. The number of methoxy groups -OCH3 is 1. The Kier molecular flexibility index (Phi) is 4.29. The molecule has 0 aliphatic rings. The van der Waals surface area contributed by atoms with E-state index in [0.717, 1.165) is 11.3 Å². The summed E-state index contributed by atoms with van der Waals surface area (Å²) in [6.07, 6.45) is 0.570. The van der Waals surface area contributed by atoms with E-state index < -0.39 is 6.04 Å². The third-order valence-electron chi connectivity index (χ3n) is 2.69. The molecular formula is C14H21NO2. The molecule has 3 nitrogen and oxygen atoms in total. The Balaban J connectivity index is 2.68. The fraction of sp³-hybridized carbons (Fsp3) is 0.500. The van der Waals surface area contributed by atoms with Crippen LogP contribution in [0.25, 0.3) is 0 Å². The maximum Gasteiger partial charge on any atom is 0.155 e. The van der Waals surface area contributed by atoms with Crippen molar-refractivity contribution < 1.29 is 9.53 Å². The number of ether oxygens (including phenoxy) is 1. The second kappa shape index (κ2) is 5.32. The van der Waals surface area contributed by atoms with Crippen molar-refractivity contribution in [3.8, 4) is 5.75 Å². The van der Waals surface area contributed by atoms with Gasteiger partial charge in [0, 0.05) is 5.41 Å². The maximum absolute atomic E-state index is 11.9. The summed E-state index contributed by atoms with van der Waals surface area (Å²) in [4.78, 5) is 11.9. The van der Waals surface area contributed by atoms with Gasteiger partial charge in [0.05, 0.1) is 13.2 Å². The fourth-order valence-electron chi connectivity index (χ4n) is 1.66. The molecule has 3 heteroatoms. The second-order valence-corrected chi connectivity index (χ2v) is 5.27. The molecule has 94 valence electrons. The lowest BCUT2D eigenvalue weighted by molar-refractivity contribution is -0.127. The van der Waals surface area contributed by atoms with Gasteiger partial charge in [-0.1, -0.05) is 32.9 Å². The summed E-state index contributed by atoms with van der Waals surface area (Å²) in [7, 11) is 1.63. The first-order chi connectivity index (χ1) is 7.84. The van der Waals surface area contributed by atoms with E-state index in [2.05, 4.69) is 0 Å². The molecule has 0 aliphatic heterocycles. The molecule has 0 fully saturated rings. The van der Waals surface area contributed by atoms with Crippen molar-refractivity contribution in [1.82, 2.24) is 0 Å². The molecule has 0 saturated heterocycles. The van der Waals surface area contributed by atoms with E-state index in [9.17, 15) is 4.79 Å². The molecular weight excluding hydrogens is 214 g/mol. The fourth-order valence-corrected chi connectivity index (χ4v) is 1.66. The van der Waals surface area contributed by atoms with Gasteiger partial charge in [-0.15, -0.1) is 0 Å². The standard InChI is InChI=1S/C14H21NO2/c1-14(2,3)13(16)12(15)9-10-5-7-11(17-4)8-6-10/h5-8,12H,9,15H2,1-4H3/t12-/m0/s1. The Morgan fingerprint density at radius 3 is 2.24 bits per heavy atom. The summed E-state index contributed by atoms with van der Waals surface area (Å²) < 4.78 is 5.08. The number of nitrogens with two attached hydrogens (primary N) is 1. The number of carbonyl (C=O) groups is 1. The zero-order chi connectivity index (χ0) is 13.1. The molecule has 0 saturated carbocycles. The average molecular weight is 235 g/mol. The zero-order valence-corrected chi connectivity index (χ0v) is 11.0. The first-order valence-corrected chi connectivity index (χ1v) is 5.77. The minimum Gasteiger partial charge on any atom is -0.497 e. The Hall–Kier alpha value is -1.35. The number of hydrogen-bond donors (Lipinski definition) is 1. The molecule has 0 amide bonds. The van der Waals surface area contributed by atoms with Gasteiger partial charge in [-0.3, -0.25) is 4.79 Å². The number of benzene rings is 1. The summed E-state index contributed by atoms with van der Waals surface area (Å²) in [6, 6.07) is 7.19. The Morgan fingerprint density at radius 1 is 1.29 bits per heavy atom. The van der Waals surface area contributed by atoms with Crippen LogP contribution in [-0.2, 0) is 11.2 Å². The van der Waals surface area contributed by atoms with Crippen molar-refractivity contribution in [1.29, 1.82) is 0 Å². The molecule has 1 atom stereocenters. The number of Topliss-reactive ketones (excluding diaryl/α,β-unsaturated/α-hetero) is 1. The third kappa shape index (κ3) is 3.86. The Labute approximate surface area is 103 Å². The molecule has 0 aliphatic carbocycles. The first-order valence-electron chi connectivity index (χ1n) is 5.77. The molecule has 1 aromatic rings. The van der Waals surface area contributed by atoms with Crippen molar-refractivity contribution >= 4 is 5.78 Å². The van der Waals surface area contributed by atoms with Crippen LogP contribution in [0.4, 0.5) is 0 Å². The minimum absolute atomic E-state index is 0.0910. The predicted octanol–water partition coefficient (Wildman–Crippen LogP) is 2.18. The van der Waals surface area contributed by atoms with E-state index >= 15 is 0 Å². The van der Waals surface area contributed by atoms with Crippen LogP contribution in [0.2, 0.25) is 0 Å². The van der Waals surface area contributed by atoms with E-state index in [4.69, 9.17) is 10.5 Å². The predicted molar refractivity (Wildman–Crippen MR) is 69.1 cm³/mol. The van der Waals surface area contributed by atoms with E-state index in [-0.39, 0.29) is 11.2 Å². The number of carbonyl (C=O) groups excluding carboxylic acids is 1.